The summed E-state index contributed by atoms with van der Waals surface area (Å²) in [7, 11) is 5.24. The molecule has 4 heteroatoms. The van der Waals surface area contributed by atoms with Crippen molar-refractivity contribution in [2.75, 3.05) is 21.3 Å². The zero-order valence-corrected chi connectivity index (χ0v) is 27.6. The predicted octanol–water partition coefficient (Wildman–Crippen LogP) is 8.81. The molecule has 7 rings (SSSR count). The van der Waals surface area contributed by atoms with Gasteiger partial charge in [0.25, 0.3) is 0 Å². The van der Waals surface area contributed by atoms with Crippen molar-refractivity contribution in [3.05, 3.63) is 124 Å². The van der Waals surface area contributed by atoms with Crippen molar-refractivity contribution in [3.8, 4) is 28.4 Å². The third kappa shape index (κ3) is 4.02. The normalized spacial score (nSPS) is 15.2. The Kier molecular flexibility index (Phi) is 6.66. The van der Waals surface area contributed by atoms with Crippen molar-refractivity contribution in [3.63, 3.8) is 0 Å². The molecule has 0 amide bonds. The molecule has 1 unspecified atom stereocenters. The number of benzene rings is 5. The maximum atomic E-state index is 6.02. The standard InChI is InChI=1S/C20H15.C16H15O3.2CH3.Zr/c1-14-6-4-10-18-16(14)9-5-11-19(18)20-13-12-15-7-2-3-8-17(15)20;1-17-12-5-6-13-11(9-12)8-10-4-7-14(18-2)16(19-3)15(10)13;;;/h2-13H,1H3;5-7,9H,8H2,1-3H3;2*1H3;. The summed E-state index contributed by atoms with van der Waals surface area (Å²) in [5.41, 5.74) is 11.9. The van der Waals surface area contributed by atoms with Gasteiger partial charge < -0.3 is 0 Å². The van der Waals surface area contributed by atoms with Gasteiger partial charge in [-0.3, -0.25) is 0 Å². The van der Waals surface area contributed by atoms with Gasteiger partial charge in [-0.05, 0) is 0 Å². The first-order chi connectivity index (χ1) is 20.4. The van der Waals surface area contributed by atoms with Gasteiger partial charge in [0.05, 0.1) is 0 Å². The van der Waals surface area contributed by atoms with E-state index in [1.54, 1.807) is 21.3 Å². The van der Waals surface area contributed by atoms with E-state index in [-0.39, 0.29) is 0 Å². The third-order valence-corrected chi connectivity index (χ3v) is 19.1. The number of aryl methyl sites for hydroxylation is 1. The summed E-state index contributed by atoms with van der Waals surface area (Å²) >= 11 is -3.20. The van der Waals surface area contributed by atoms with Gasteiger partial charge in [-0.25, -0.2) is 0 Å². The predicted molar refractivity (Wildman–Crippen MR) is 171 cm³/mol. The van der Waals surface area contributed by atoms with Gasteiger partial charge in [0.2, 0.25) is 0 Å². The summed E-state index contributed by atoms with van der Waals surface area (Å²) in [5.74, 6) is 2.54. The van der Waals surface area contributed by atoms with Gasteiger partial charge in [0.1, 0.15) is 0 Å². The van der Waals surface area contributed by atoms with Crippen molar-refractivity contribution in [2.45, 2.75) is 26.2 Å². The number of hydrogen-bond donors (Lipinski definition) is 0. The minimum atomic E-state index is -3.20. The van der Waals surface area contributed by atoms with Gasteiger partial charge in [0.15, 0.2) is 0 Å². The van der Waals surface area contributed by atoms with E-state index in [1.807, 2.05) is 0 Å². The number of ether oxygens (including phenoxy) is 3. The summed E-state index contributed by atoms with van der Waals surface area (Å²) in [5, 5.41) is 2.65. The molecule has 0 spiro atoms. The van der Waals surface area contributed by atoms with Crippen molar-refractivity contribution in [1.29, 1.82) is 0 Å². The fourth-order valence-electron chi connectivity index (χ4n) is 7.42. The van der Waals surface area contributed by atoms with E-state index >= 15 is 0 Å². The molecule has 0 aromatic heterocycles. The second-order valence-electron chi connectivity index (χ2n) is 12.1. The molecule has 1 atom stereocenters. The molecule has 0 bridgehead atoms. The van der Waals surface area contributed by atoms with E-state index in [0.29, 0.717) is 3.63 Å². The van der Waals surface area contributed by atoms with Crippen molar-refractivity contribution >= 4 is 19.6 Å². The first-order valence-electron chi connectivity index (χ1n) is 14.6. The van der Waals surface area contributed by atoms with E-state index < -0.39 is 20.3 Å². The number of fused-ring (bicyclic) bond motifs is 5. The van der Waals surface area contributed by atoms with Crippen LogP contribution < -0.4 is 17.5 Å². The van der Waals surface area contributed by atoms with Crippen LogP contribution in [0.4, 0.5) is 0 Å². The number of hydrogen-bond acceptors (Lipinski definition) is 3. The van der Waals surface area contributed by atoms with Crippen molar-refractivity contribution in [1.82, 2.24) is 0 Å². The molecule has 210 valence electrons. The van der Waals surface area contributed by atoms with E-state index in [9.17, 15) is 0 Å². The van der Waals surface area contributed by atoms with Crippen LogP contribution in [0.1, 0.15) is 37.0 Å². The molecule has 2 aliphatic carbocycles. The Morgan fingerprint density at radius 2 is 1.48 bits per heavy atom. The molecular formula is C38H36O3Zr. The molecule has 0 heterocycles. The average molecular weight is 632 g/mol. The van der Waals surface area contributed by atoms with Gasteiger partial charge in [-0.2, -0.15) is 0 Å². The number of rotatable bonds is 6. The van der Waals surface area contributed by atoms with Crippen LogP contribution in [0, 0.1) is 6.92 Å². The van der Waals surface area contributed by atoms with Crippen LogP contribution >= 0.6 is 0 Å². The molecule has 0 radical (unpaired) electrons. The Morgan fingerprint density at radius 1 is 0.714 bits per heavy atom. The molecular weight excluding hydrogens is 596 g/mol. The van der Waals surface area contributed by atoms with Crippen LogP contribution in [0.3, 0.4) is 0 Å². The van der Waals surface area contributed by atoms with E-state index in [0.717, 1.165) is 23.7 Å². The maximum absolute atomic E-state index is 6.02. The molecule has 0 saturated heterocycles. The fourth-order valence-corrected chi connectivity index (χ4v) is 15.9. The van der Waals surface area contributed by atoms with Gasteiger partial charge in [0, 0.05) is 0 Å². The van der Waals surface area contributed by atoms with Crippen LogP contribution in [0.25, 0.3) is 27.5 Å². The summed E-state index contributed by atoms with van der Waals surface area (Å²) in [6, 6.07) is 31.2. The first kappa shape index (κ1) is 27.2. The molecule has 3 nitrogen and oxygen atoms in total. The summed E-state index contributed by atoms with van der Waals surface area (Å²) < 4.78 is 24.7. The zero-order chi connectivity index (χ0) is 29.2. The summed E-state index contributed by atoms with van der Waals surface area (Å²) in [6.45, 7) is 2.21. The average Bonchev–Trinajstić information content (AvgIpc) is 3.59. The molecule has 5 aromatic rings. The van der Waals surface area contributed by atoms with Crippen LogP contribution in [0.5, 0.6) is 17.2 Å². The molecule has 0 aliphatic heterocycles. The second-order valence-corrected chi connectivity index (χ2v) is 23.4. The quantitative estimate of drug-likeness (QED) is 0.184. The summed E-state index contributed by atoms with van der Waals surface area (Å²) in [4.78, 5) is 0. The van der Waals surface area contributed by atoms with Crippen molar-refractivity contribution < 1.29 is 34.5 Å². The fraction of sp³-hybridized carbons (Fsp3) is 0.211. The van der Waals surface area contributed by atoms with Gasteiger partial charge >= 0.3 is 254 Å². The molecule has 0 saturated carbocycles. The molecule has 0 N–H and O–H groups in total. The Morgan fingerprint density at radius 3 is 2.26 bits per heavy atom. The summed E-state index contributed by atoms with van der Waals surface area (Å²) in [6.07, 6.45) is 3.48. The van der Waals surface area contributed by atoms with Crippen LogP contribution in [-0.4, -0.2) is 21.3 Å². The molecule has 5 aromatic carbocycles. The van der Waals surface area contributed by atoms with Crippen molar-refractivity contribution in [2.24, 2.45) is 0 Å². The second kappa shape index (κ2) is 10.3. The van der Waals surface area contributed by atoms with Gasteiger partial charge in [-0.1, -0.05) is 0 Å². The van der Waals surface area contributed by atoms with E-state index in [2.05, 4.69) is 107 Å². The molecule has 2 aliphatic rings. The first-order valence-corrected chi connectivity index (χ1v) is 22.2. The van der Waals surface area contributed by atoms with Crippen LogP contribution in [0.15, 0.2) is 91.0 Å². The molecule has 0 fully saturated rings. The number of methoxy groups -OCH3 is 3. The van der Waals surface area contributed by atoms with E-state index in [1.165, 1.54) is 64.1 Å². The SMILES string of the molecule is COc1ccc2c(c1)Cc1[c]([Zr]([CH3])([CH3])[CH]3C=C(c4cccc5c(C)cccc45)c4ccccc43)cc(OC)c(OC)c1-2. The Labute approximate surface area is 253 Å². The Bertz CT molecular complexity index is 1920. The van der Waals surface area contributed by atoms with Gasteiger partial charge in [-0.15, -0.1) is 0 Å². The minimum absolute atomic E-state index is 0.381. The Balaban J connectivity index is 1.44. The van der Waals surface area contributed by atoms with Crippen LogP contribution in [-0.2, 0) is 26.7 Å². The monoisotopic (exact) mass is 630 g/mol. The molecule has 42 heavy (non-hydrogen) atoms. The topological polar surface area (TPSA) is 27.7 Å². The zero-order valence-electron chi connectivity index (χ0n) is 25.2. The van der Waals surface area contributed by atoms with Crippen LogP contribution in [0.2, 0.25) is 9.26 Å². The number of allylic oxidation sites excluding steroid dienone is 1. The Hall–Kier alpha value is -3.62. The third-order valence-electron chi connectivity index (χ3n) is 9.55. The van der Waals surface area contributed by atoms with E-state index in [4.69, 9.17) is 14.2 Å².